The highest BCUT2D eigenvalue weighted by atomic mass is 19.1. The molecule has 0 atom stereocenters. The van der Waals surface area contributed by atoms with Crippen molar-refractivity contribution in [1.82, 2.24) is 9.88 Å². The molecule has 3 nitrogen and oxygen atoms in total. The lowest BCUT2D eigenvalue weighted by molar-refractivity contribution is 0.113. The van der Waals surface area contributed by atoms with Crippen LogP contribution in [0.25, 0.3) is 0 Å². The summed E-state index contributed by atoms with van der Waals surface area (Å²) in [5.74, 6) is -0.276. The number of nitrogens with zero attached hydrogens (tertiary/aromatic N) is 2. The summed E-state index contributed by atoms with van der Waals surface area (Å²) >= 11 is 0. The van der Waals surface area contributed by atoms with E-state index in [0.717, 1.165) is 6.54 Å². The topological polar surface area (TPSA) is 28.2 Å². The molecule has 1 aliphatic rings. The van der Waals surface area contributed by atoms with Crippen LogP contribution in [-0.4, -0.2) is 36.1 Å². The minimum Gasteiger partial charge on any atom is -0.381 e. The summed E-state index contributed by atoms with van der Waals surface area (Å²) < 4.78 is 13.5. The van der Waals surface area contributed by atoms with Crippen LogP contribution in [0.15, 0.2) is 18.5 Å². The van der Waals surface area contributed by atoms with Gasteiger partial charge in [-0.1, -0.05) is 19.3 Å². The zero-order valence-corrected chi connectivity index (χ0v) is 11.2. The number of hydrogen-bond donors (Lipinski definition) is 1. The molecule has 18 heavy (non-hydrogen) atoms. The van der Waals surface area contributed by atoms with Crippen LogP contribution in [0.4, 0.5) is 10.1 Å². The highest BCUT2D eigenvalue weighted by molar-refractivity contribution is 5.43. The largest absolute Gasteiger partial charge is 0.381 e. The summed E-state index contributed by atoms with van der Waals surface area (Å²) in [5.41, 5.74) is 0.713. The van der Waals surface area contributed by atoms with Crippen molar-refractivity contribution in [3.63, 3.8) is 0 Å². The molecular formula is C14H22FN3. The summed E-state index contributed by atoms with van der Waals surface area (Å²) in [6, 6.07) is 1.70. The van der Waals surface area contributed by atoms with Gasteiger partial charge in [0.2, 0.25) is 0 Å². The molecule has 0 aromatic carbocycles. The van der Waals surface area contributed by atoms with Gasteiger partial charge in [0.25, 0.3) is 0 Å². The molecule has 1 aromatic rings. The first kappa shape index (κ1) is 13.3. The van der Waals surface area contributed by atoms with E-state index in [2.05, 4.69) is 29.3 Å². The van der Waals surface area contributed by atoms with Crippen molar-refractivity contribution in [2.45, 2.75) is 37.6 Å². The van der Waals surface area contributed by atoms with Crippen molar-refractivity contribution < 1.29 is 4.39 Å². The van der Waals surface area contributed by atoms with Crippen LogP contribution in [0.1, 0.15) is 32.1 Å². The highest BCUT2D eigenvalue weighted by Gasteiger charge is 2.33. The Bertz CT molecular complexity index is 386. The fourth-order valence-corrected chi connectivity index (χ4v) is 2.77. The summed E-state index contributed by atoms with van der Waals surface area (Å²) in [6.07, 6.45) is 9.08. The molecule has 0 spiro atoms. The minimum absolute atomic E-state index is 0.161. The number of nitrogens with one attached hydrogen (secondary N) is 1. The van der Waals surface area contributed by atoms with Crippen molar-refractivity contribution in [2.24, 2.45) is 0 Å². The van der Waals surface area contributed by atoms with Gasteiger partial charge in [0.15, 0.2) is 5.82 Å². The third-order valence-corrected chi connectivity index (χ3v) is 4.11. The first-order valence-electron chi connectivity index (χ1n) is 6.65. The SMILES string of the molecule is CN(C)C1(CNc2ccncc2F)CCCCC1. The van der Waals surface area contributed by atoms with Crippen LogP contribution in [0.2, 0.25) is 0 Å². The smallest absolute Gasteiger partial charge is 0.164 e. The first-order chi connectivity index (χ1) is 8.64. The number of halogens is 1. The van der Waals surface area contributed by atoms with Crippen LogP contribution in [0.3, 0.4) is 0 Å². The van der Waals surface area contributed by atoms with E-state index >= 15 is 0 Å². The number of aromatic nitrogens is 1. The predicted molar refractivity (Wildman–Crippen MR) is 72.2 cm³/mol. The molecule has 1 aromatic heterocycles. The predicted octanol–water partition coefficient (Wildman–Crippen LogP) is 2.90. The number of rotatable bonds is 4. The molecule has 1 heterocycles. The van der Waals surface area contributed by atoms with Gasteiger partial charge in [-0.15, -0.1) is 0 Å². The Morgan fingerprint density at radius 3 is 2.67 bits per heavy atom. The van der Waals surface area contributed by atoms with E-state index < -0.39 is 0 Å². The first-order valence-corrected chi connectivity index (χ1v) is 6.65. The molecule has 2 rings (SSSR count). The minimum atomic E-state index is -0.276. The Morgan fingerprint density at radius 2 is 2.06 bits per heavy atom. The number of likely N-dealkylation sites (N-methyl/N-ethyl adjacent to an activating group) is 1. The Balaban J connectivity index is 2.04. The van der Waals surface area contributed by atoms with E-state index in [0.29, 0.717) is 5.69 Å². The van der Waals surface area contributed by atoms with E-state index in [1.54, 1.807) is 12.3 Å². The van der Waals surface area contributed by atoms with E-state index in [-0.39, 0.29) is 11.4 Å². The zero-order chi connectivity index (χ0) is 13.0. The van der Waals surface area contributed by atoms with Gasteiger partial charge in [-0.25, -0.2) is 4.39 Å². The summed E-state index contributed by atoms with van der Waals surface area (Å²) in [4.78, 5) is 6.06. The molecule has 0 amide bonds. The Hall–Kier alpha value is -1.16. The van der Waals surface area contributed by atoms with Crippen LogP contribution < -0.4 is 5.32 Å². The molecule has 1 fully saturated rings. The summed E-state index contributed by atoms with van der Waals surface area (Å²) in [6.45, 7) is 0.793. The van der Waals surface area contributed by atoms with Gasteiger partial charge in [-0.3, -0.25) is 4.98 Å². The molecular weight excluding hydrogens is 229 g/mol. The molecule has 0 bridgehead atoms. The lowest BCUT2D eigenvalue weighted by Gasteiger charge is -2.43. The third-order valence-electron chi connectivity index (χ3n) is 4.11. The molecule has 1 N–H and O–H groups in total. The van der Waals surface area contributed by atoms with Gasteiger partial charge in [0, 0.05) is 18.3 Å². The van der Waals surface area contributed by atoms with Gasteiger partial charge in [0.1, 0.15) is 0 Å². The molecule has 0 aliphatic heterocycles. The molecule has 0 radical (unpaired) electrons. The monoisotopic (exact) mass is 251 g/mol. The average Bonchev–Trinajstić information content (AvgIpc) is 2.39. The van der Waals surface area contributed by atoms with Gasteiger partial charge in [-0.2, -0.15) is 0 Å². The van der Waals surface area contributed by atoms with Crippen molar-refractivity contribution in [1.29, 1.82) is 0 Å². The maximum Gasteiger partial charge on any atom is 0.164 e. The van der Waals surface area contributed by atoms with Crippen molar-refractivity contribution in [3.05, 3.63) is 24.3 Å². The van der Waals surface area contributed by atoms with Gasteiger partial charge in [0.05, 0.1) is 11.9 Å². The van der Waals surface area contributed by atoms with E-state index in [4.69, 9.17) is 0 Å². The summed E-state index contributed by atoms with van der Waals surface area (Å²) in [7, 11) is 4.24. The Morgan fingerprint density at radius 1 is 1.33 bits per heavy atom. The van der Waals surface area contributed by atoms with Gasteiger partial charge < -0.3 is 10.2 Å². The van der Waals surface area contributed by atoms with Crippen molar-refractivity contribution in [2.75, 3.05) is 26.0 Å². The average molecular weight is 251 g/mol. The fraction of sp³-hybridized carbons (Fsp3) is 0.643. The zero-order valence-electron chi connectivity index (χ0n) is 11.2. The van der Waals surface area contributed by atoms with Crippen LogP contribution >= 0.6 is 0 Å². The van der Waals surface area contributed by atoms with Crippen LogP contribution in [-0.2, 0) is 0 Å². The fourth-order valence-electron chi connectivity index (χ4n) is 2.77. The van der Waals surface area contributed by atoms with Crippen LogP contribution in [0.5, 0.6) is 0 Å². The second kappa shape index (κ2) is 5.65. The second-order valence-electron chi connectivity index (χ2n) is 5.39. The van der Waals surface area contributed by atoms with Crippen molar-refractivity contribution >= 4 is 5.69 Å². The molecule has 0 unspecified atom stereocenters. The third kappa shape index (κ3) is 2.80. The standard InChI is InChI=1S/C14H22FN3/c1-18(2)14(7-4-3-5-8-14)11-17-13-6-9-16-10-12(13)15/h6,9-10H,3-5,7-8,11H2,1-2H3,(H,16,17). The van der Waals surface area contributed by atoms with Crippen molar-refractivity contribution in [3.8, 4) is 0 Å². The molecule has 1 aliphatic carbocycles. The van der Waals surface area contributed by atoms with E-state index in [9.17, 15) is 4.39 Å². The molecule has 1 saturated carbocycles. The lowest BCUT2D eigenvalue weighted by Crippen LogP contribution is -2.51. The molecule has 0 saturated heterocycles. The maximum absolute atomic E-state index is 13.5. The quantitative estimate of drug-likeness (QED) is 0.892. The normalized spacial score (nSPS) is 18.9. The lowest BCUT2D eigenvalue weighted by atomic mass is 9.80. The second-order valence-corrected chi connectivity index (χ2v) is 5.39. The number of anilines is 1. The van der Waals surface area contributed by atoms with E-state index in [1.165, 1.54) is 38.3 Å². The summed E-state index contributed by atoms with van der Waals surface area (Å²) in [5, 5.41) is 3.25. The number of hydrogen-bond acceptors (Lipinski definition) is 3. The maximum atomic E-state index is 13.5. The highest BCUT2D eigenvalue weighted by Crippen LogP contribution is 2.32. The Kier molecular flexibility index (Phi) is 4.17. The Labute approximate surface area is 108 Å². The molecule has 100 valence electrons. The number of pyridine rings is 1. The van der Waals surface area contributed by atoms with E-state index in [1.807, 2.05) is 0 Å². The van der Waals surface area contributed by atoms with Gasteiger partial charge >= 0.3 is 0 Å². The van der Waals surface area contributed by atoms with Crippen LogP contribution in [0, 0.1) is 5.82 Å². The molecule has 4 heteroatoms. The van der Waals surface area contributed by atoms with Gasteiger partial charge in [-0.05, 0) is 33.0 Å².